The molecule has 2 atom stereocenters. The Labute approximate surface area is 85.5 Å². The third-order valence-corrected chi connectivity index (χ3v) is 2.90. The van der Waals surface area contributed by atoms with Gasteiger partial charge in [0.1, 0.15) is 0 Å². The summed E-state index contributed by atoms with van der Waals surface area (Å²) in [5.74, 6) is 0.842. The Morgan fingerprint density at radius 1 is 1.64 bits per heavy atom. The second-order valence-electron chi connectivity index (χ2n) is 4.25. The molecule has 1 aliphatic rings. The average molecular weight is 193 g/mol. The minimum Gasteiger partial charge on any atom is -0.330 e. The summed E-state index contributed by atoms with van der Waals surface area (Å²) in [5, 5.41) is 3.41. The van der Waals surface area contributed by atoms with Gasteiger partial charge in [-0.15, -0.1) is 0 Å². The van der Waals surface area contributed by atoms with Gasteiger partial charge in [-0.1, -0.05) is 13.8 Å². The smallest absolute Gasteiger partial charge is 0.0951 e. The van der Waals surface area contributed by atoms with E-state index in [2.05, 4.69) is 28.7 Å². The molecule has 1 aromatic rings. The lowest BCUT2D eigenvalue weighted by molar-refractivity contribution is 0.599. The molecule has 0 radical (unpaired) electrons. The number of nitrogens with one attached hydrogen (secondary N) is 1. The Bertz CT molecular complexity index is 292. The molecule has 0 amide bonds. The topological polar surface area (TPSA) is 29.9 Å². The zero-order valence-corrected chi connectivity index (χ0v) is 9.03. The van der Waals surface area contributed by atoms with Crippen LogP contribution in [0.15, 0.2) is 12.5 Å². The van der Waals surface area contributed by atoms with Gasteiger partial charge in [0.05, 0.1) is 12.0 Å². The molecule has 0 aromatic carbocycles. The molecule has 2 rings (SSSR count). The zero-order valence-electron chi connectivity index (χ0n) is 9.03. The summed E-state index contributed by atoms with van der Waals surface area (Å²) in [6.45, 7) is 6.53. The molecule has 0 bridgehead atoms. The van der Waals surface area contributed by atoms with Crippen LogP contribution in [0.3, 0.4) is 0 Å². The number of rotatable bonds is 5. The van der Waals surface area contributed by atoms with Crippen LogP contribution in [0.2, 0.25) is 0 Å². The first kappa shape index (κ1) is 9.71. The van der Waals surface area contributed by atoms with Gasteiger partial charge in [-0.3, -0.25) is 0 Å². The summed E-state index contributed by atoms with van der Waals surface area (Å²) in [6.07, 6.45) is 6.45. The maximum Gasteiger partial charge on any atom is 0.0951 e. The van der Waals surface area contributed by atoms with Crippen molar-refractivity contribution in [3.05, 3.63) is 18.2 Å². The molecule has 1 heterocycles. The van der Waals surface area contributed by atoms with Gasteiger partial charge in [-0.25, -0.2) is 4.98 Å². The van der Waals surface area contributed by atoms with E-state index >= 15 is 0 Å². The van der Waals surface area contributed by atoms with Crippen molar-refractivity contribution in [2.45, 2.75) is 39.3 Å². The minimum absolute atomic E-state index is 0.718. The quantitative estimate of drug-likeness (QED) is 0.724. The highest BCUT2D eigenvalue weighted by molar-refractivity contribution is 5.05. The van der Waals surface area contributed by atoms with E-state index < -0.39 is 0 Å². The van der Waals surface area contributed by atoms with Gasteiger partial charge in [-0.05, 0) is 25.3 Å². The summed E-state index contributed by atoms with van der Waals surface area (Å²) in [6, 6.07) is 0.718. The number of nitrogens with zero attached hydrogens (tertiary/aromatic N) is 2. The van der Waals surface area contributed by atoms with Gasteiger partial charge in [0, 0.05) is 18.8 Å². The van der Waals surface area contributed by atoms with Gasteiger partial charge in [0.25, 0.3) is 0 Å². The Kier molecular flexibility index (Phi) is 2.87. The predicted octanol–water partition coefficient (Wildman–Crippen LogP) is 1.96. The number of imidazole rings is 1. The summed E-state index contributed by atoms with van der Waals surface area (Å²) < 4.78 is 2.33. The number of hydrogen-bond donors (Lipinski definition) is 1. The normalized spacial score (nSPS) is 25.3. The van der Waals surface area contributed by atoms with E-state index in [-0.39, 0.29) is 0 Å². The van der Waals surface area contributed by atoms with Crippen LogP contribution in [-0.4, -0.2) is 16.1 Å². The summed E-state index contributed by atoms with van der Waals surface area (Å²) >= 11 is 0. The van der Waals surface area contributed by atoms with E-state index in [0.29, 0.717) is 0 Å². The zero-order chi connectivity index (χ0) is 9.97. The molecule has 3 heteroatoms. The highest BCUT2D eigenvalue weighted by Crippen LogP contribution is 2.43. The second-order valence-corrected chi connectivity index (χ2v) is 4.25. The molecular formula is C11H19N3. The Balaban J connectivity index is 1.93. The lowest BCUT2D eigenvalue weighted by Crippen LogP contribution is -2.16. The molecular weight excluding hydrogens is 174 g/mol. The van der Waals surface area contributed by atoms with Crippen molar-refractivity contribution in [2.75, 3.05) is 6.54 Å². The summed E-state index contributed by atoms with van der Waals surface area (Å²) in [4.78, 5) is 4.22. The molecule has 0 spiro atoms. The van der Waals surface area contributed by atoms with Crippen molar-refractivity contribution in [1.82, 2.24) is 14.9 Å². The number of hydrogen-bond acceptors (Lipinski definition) is 2. The first-order chi connectivity index (χ1) is 6.83. The third kappa shape index (κ3) is 1.98. The molecule has 14 heavy (non-hydrogen) atoms. The van der Waals surface area contributed by atoms with Crippen LogP contribution in [0, 0.1) is 5.92 Å². The van der Waals surface area contributed by atoms with Crippen molar-refractivity contribution in [3.8, 4) is 0 Å². The largest absolute Gasteiger partial charge is 0.330 e. The van der Waals surface area contributed by atoms with Crippen LogP contribution in [0.4, 0.5) is 0 Å². The lowest BCUT2D eigenvalue weighted by atomic mass is 10.4. The monoisotopic (exact) mass is 193 g/mol. The molecule has 1 fully saturated rings. The SMILES string of the molecule is CCCNCc1cncn1C1CC1C. The van der Waals surface area contributed by atoms with Crippen molar-refractivity contribution >= 4 is 0 Å². The van der Waals surface area contributed by atoms with Crippen LogP contribution in [0.25, 0.3) is 0 Å². The van der Waals surface area contributed by atoms with Crippen molar-refractivity contribution in [1.29, 1.82) is 0 Å². The van der Waals surface area contributed by atoms with Gasteiger partial charge < -0.3 is 9.88 Å². The van der Waals surface area contributed by atoms with E-state index in [1.54, 1.807) is 0 Å². The molecule has 2 unspecified atom stereocenters. The average Bonchev–Trinajstić information content (AvgIpc) is 2.73. The fourth-order valence-electron chi connectivity index (χ4n) is 1.85. The van der Waals surface area contributed by atoms with Crippen LogP contribution in [0.5, 0.6) is 0 Å². The number of aromatic nitrogens is 2. The third-order valence-electron chi connectivity index (χ3n) is 2.90. The van der Waals surface area contributed by atoms with Crippen molar-refractivity contribution in [3.63, 3.8) is 0 Å². The molecule has 1 aliphatic carbocycles. The molecule has 3 nitrogen and oxygen atoms in total. The fourth-order valence-corrected chi connectivity index (χ4v) is 1.85. The minimum atomic E-state index is 0.718. The predicted molar refractivity (Wildman–Crippen MR) is 57.0 cm³/mol. The first-order valence-corrected chi connectivity index (χ1v) is 5.54. The Morgan fingerprint density at radius 2 is 2.43 bits per heavy atom. The van der Waals surface area contributed by atoms with E-state index in [0.717, 1.165) is 25.0 Å². The van der Waals surface area contributed by atoms with Crippen LogP contribution in [-0.2, 0) is 6.54 Å². The maximum atomic E-state index is 4.22. The summed E-state index contributed by atoms with van der Waals surface area (Å²) in [7, 11) is 0. The summed E-state index contributed by atoms with van der Waals surface area (Å²) in [5.41, 5.74) is 1.33. The first-order valence-electron chi connectivity index (χ1n) is 5.54. The van der Waals surface area contributed by atoms with Crippen LogP contribution < -0.4 is 5.32 Å². The Hall–Kier alpha value is -0.830. The van der Waals surface area contributed by atoms with Crippen LogP contribution in [0.1, 0.15) is 38.4 Å². The molecule has 78 valence electrons. The molecule has 1 aromatic heterocycles. The Morgan fingerprint density at radius 3 is 3.07 bits per heavy atom. The van der Waals surface area contributed by atoms with E-state index in [1.165, 1.54) is 18.5 Å². The standard InChI is InChI=1S/C11H19N3/c1-3-4-12-6-10-7-13-8-14(10)11-5-9(11)2/h7-9,11-12H,3-6H2,1-2H3. The molecule has 1 saturated carbocycles. The second kappa shape index (κ2) is 4.13. The van der Waals surface area contributed by atoms with Gasteiger partial charge in [0.2, 0.25) is 0 Å². The molecule has 0 aliphatic heterocycles. The van der Waals surface area contributed by atoms with Gasteiger partial charge in [0.15, 0.2) is 0 Å². The molecule has 1 N–H and O–H groups in total. The molecule has 0 saturated heterocycles. The van der Waals surface area contributed by atoms with E-state index in [9.17, 15) is 0 Å². The van der Waals surface area contributed by atoms with Crippen molar-refractivity contribution < 1.29 is 0 Å². The van der Waals surface area contributed by atoms with Gasteiger partial charge >= 0.3 is 0 Å². The highest BCUT2D eigenvalue weighted by atomic mass is 15.1. The maximum absolute atomic E-state index is 4.22. The fraction of sp³-hybridized carbons (Fsp3) is 0.727. The highest BCUT2D eigenvalue weighted by Gasteiger charge is 2.35. The van der Waals surface area contributed by atoms with E-state index in [4.69, 9.17) is 0 Å². The van der Waals surface area contributed by atoms with Crippen LogP contribution >= 0.6 is 0 Å². The van der Waals surface area contributed by atoms with E-state index in [1.807, 2.05) is 12.5 Å². The lowest BCUT2D eigenvalue weighted by Gasteiger charge is -2.07. The van der Waals surface area contributed by atoms with Gasteiger partial charge in [-0.2, -0.15) is 0 Å². The van der Waals surface area contributed by atoms with Crippen molar-refractivity contribution in [2.24, 2.45) is 5.92 Å².